The van der Waals surface area contributed by atoms with Gasteiger partial charge in [0.25, 0.3) is 0 Å². The molecule has 1 aliphatic heterocycles. The molecule has 1 amide bonds. The van der Waals surface area contributed by atoms with Crippen LogP contribution in [0.1, 0.15) is 13.8 Å². The van der Waals surface area contributed by atoms with E-state index < -0.39 is 5.97 Å². The number of carbonyl (C=O) groups is 2. The van der Waals surface area contributed by atoms with Crippen LogP contribution in [0.4, 0.5) is 0 Å². The largest absolute Gasteiger partial charge is 0.478 e. The third-order valence-corrected chi connectivity index (χ3v) is 2.66. The summed E-state index contributed by atoms with van der Waals surface area (Å²) in [5.41, 5.74) is 0.837. The Morgan fingerprint density at radius 1 is 1.19 bits per heavy atom. The number of aliphatic carboxylic acids is 1. The van der Waals surface area contributed by atoms with Gasteiger partial charge in [0.15, 0.2) is 0 Å². The van der Waals surface area contributed by atoms with Crippen molar-refractivity contribution in [2.45, 2.75) is 13.8 Å². The zero-order valence-corrected chi connectivity index (χ0v) is 9.77. The number of carboxylic acid groups (broad SMARTS) is 1. The second kappa shape index (κ2) is 5.65. The van der Waals surface area contributed by atoms with Crippen molar-refractivity contribution in [3.05, 3.63) is 11.6 Å². The summed E-state index contributed by atoms with van der Waals surface area (Å²) in [6, 6.07) is 0. The molecule has 0 spiro atoms. The van der Waals surface area contributed by atoms with Gasteiger partial charge < -0.3 is 10.0 Å². The van der Waals surface area contributed by atoms with E-state index >= 15 is 0 Å². The average Bonchev–Trinajstić information content (AvgIpc) is 2.16. The third-order valence-electron chi connectivity index (χ3n) is 2.66. The Morgan fingerprint density at radius 3 is 2.19 bits per heavy atom. The summed E-state index contributed by atoms with van der Waals surface area (Å²) in [4.78, 5) is 25.5. The number of carboxylic acids is 1. The van der Waals surface area contributed by atoms with Crippen LogP contribution in [0.5, 0.6) is 0 Å². The molecular formula is C11H18N2O3. The summed E-state index contributed by atoms with van der Waals surface area (Å²) >= 11 is 0. The van der Waals surface area contributed by atoms with Crippen LogP contribution in [-0.2, 0) is 9.59 Å². The molecule has 0 aliphatic carbocycles. The van der Waals surface area contributed by atoms with Crippen LogP contribution in [0.3, 0.4) is 0 Å². The van der Waals surface area contributed by atoms with Crippen LogP contribution < -0.4 is 0 Å². The molecule has 0 unspecified atom stereocenters. The van der Waals surface area contributed by atoms with E-state index in [2.05, 4.69) is 4.90 Å². The Kier molecular flexibility index (Phi) is 4.49. The summed E-state index contributed by atoms with van der Waals surface area (Å²) < 4.78 is 0. The van der Waals surface area contributed by atoms with E-state index in [9.17, 15) is 9.59 Å². The molecule has 0 radical (unpaired) electrons. The quantitative estimate of drug-likeness (QED) is 0.697. The van der Waals surface area contributed by atoms with Gasteiger partial charge in [-0.1, -0.05) is 5.57 Å². The molecule has 0 saturated carbocycles. The lowest BCUT2D eigenvalue weighted by Gasteiger charge is -2.34. The second-order valence-corrected chi connectivity index (χ2v) is 4.11. The highest BCUT2D eigenvalue weighted by atomic mass is 16.4. The molecule has 1 fully saturated rings. The Bertz CT molecular complexity index is 304. The number of rotatable bonds is 3. The van der Waals surface area contributed by atoms with Gasteiger partial charge >= 0.3 is 5.97 Å². The van der Waals surface area contributed by atoms with Gasteiger partial charge in [0.05, 0.1) is 0 Å². The lowest BCUT2D eigenvalue weighted by Crippen LogP contribution is -2.48. The van der Waals surface area contributed by atoms with Crippen molar-refractivity contribution in [1.29, 1.82) is 0 Å². The molecule has 0 bridgehead atoms. The molecular weight excluding hydrogens is 208 g/mol. The van der Waals surface area contributed by atoms with E-state index in [0.717, 1.165) is 31.8 Å². The van der Waals surface area contributed by atoms with Crippen LogP contribution in [0.2, 0.25) is 0 Å². The van der Waals surface area contributed by atoms with E-state index in [1.807, 2.05) is 11.8 Å². The predicted octanol–water partition coefficient (Wildman–Crippen LogP) is 0.181. The van der Waals surface area contributed by atoms with E-state index in [0.29, 0.717) is 6.54 Å². The first kappa shape index (κ1) is 12.7. The molecule has 1 saturated heterocycles. The van der Waals surface area contributed by atoms with Gasteiger partial charge in [0.1, 0.15) is 0 Å². The van der Waals surface area contributed by atoms with E-state index in [4.69, 9.17) is 5.11 Å². The Hall–Kier alpha value is -1.36. The summed E-state index contributed by atoms with van der Waals surface area (Å²) in [5, 5.41) is 8.58. The first-order chi connectivity index (χ1) is 7.49. The molecule has 1 aliphatic rings. The second-order valence-electron chi connectivity index (χ2n) is 4.11. The maximum absolute atomic E-state index is 11.1. The first-order valence-electron chi connectivity index (χ1n) is 5.37. The molecule has 1 heterocycles. The zero-order chi connectivity index (χ0) is 12.1. The Morgan fingerprint density at radius 2 is 1.75 bits per heavy atom. The standard InChI is InChI=1S/C11H18N2O3/c1-9(7-11(15)16)8-12-3-5-13(6-4-12)10(2)14/h7H,3-6,8H2,1-2H3,(H,15,16). The number of piperazine rings is 1. The minimum Gasteiger partial charge on any atom is -0.478 e. The van der Waals surface area contributed by atoms with Gasteiger partial charge in [0.2, 0.25) is 5.91 Å². The van der Waals surface area contributed by atoms with Crippen molar-refractivity contribution in [2.75, 3.05) is 32.7 Å². The highest BCUT2D eigenvalue weighted by Crippen LogP contribution is 2.05. The molecule has 1 rings (SSSR count). The SMILES string of the molecule is CC(=O)N1CCN(CC(C)=CC(=O)O)CC1. The van der Waals surface area contributed by atoms with Gasteiger partial charge in [-0.25, -0.2) is 4.79 Å². The fourth-order valence-corrected chi connectivity index (χ4v) is 1.83. The fourth-order valence-electron chi connectivity index (χ4n) is 1.83. The minimum absolute atomic E-state index is 0.109. The van der Waals surface area contributed by atoms with E-state index in [1.54, 1.807) is 6.92 Å². The monoisotopic (exact) mass is 226 g/mol. The van der Waals surface area contributed by atoms with Crippen molar-refractivity contribution in [2.24, 2.45) is 0 Å². The van der Waals surface area contributed by atoms with Crippen LogP contribution >= 0.6 is 0 Å². The molecule has 0 aromatic carbocycles. The summed E-state index contributed by atoms with van der Waals surface area (Å²) in [5.74, 6) is -0.794. The van der Waals surface area contributed by atoms with Crippen molar-refractivity contribution >= 4 is 11.9 Å². The molecule has 90 valence electrons. The Balaban J connectivity index is 2.37. The van der Waals surface area contributed by atoms with Crippen molar-refractivity contribution in [3.8, 4) is 0 Å². The van der Waals surface area contributed by atoms with Crippen molar-refractivity contribution in [3.63, 3.8) is 0 Å². The number of carbonyl (C=O) groups excluding carboxylic acids is 1. The number of hydrogen-bond acceptors (Lipinski definition) is 3. The molecule has 16 heavy (non-hydrogen) atoms. The maximum atomic E-state index is 11.1. The summed E-state index contributed by atoms with van der Waals surface area (Å²) in [6.45, 7) is 7.13. The normalized spacial score (nSPS) is 18.6. The van der Waals surface area contributed by atoms with Crippen molar-refractivity contribution < 1.29 is 14.7 Å². The molecule has 5 nitrogen and oxygen atoms in total. The average molecular weight is 226 g/mol. The molecule has 5 heteroatoms. The van der Waals surface area contributed by atoms with Gasteiger partial charge in [-0.05, 0) is 6.92 Å². The number of amides is 1. The van der Waals surface area contributed by atoms with Crippen LogP contribution in [-0.4, -0.2) is 59.5 Å². The summed E-state index contributed by atoms with van der Waals surface area (Å²) in [7, 11) is 0. The minimum atomic E-state index is -0.903. The topological polar surface area (TPSA) is 60.9 Å². The lowest BCUT2D eigenvalue weighted by molar-refractivity contribution is -0.131. The third kappa shape index (κ3) is 4.02. The maximum Gasteiger partial charge on any atom is 0.328 e. The van der Waals surface area contributed by atoms with Gasteiger partial charge in [-0.3, -0.25) is 9.69 Å². The van der Waals surface area contributed by atoms with Crippen LogP contribution in [0.15, 0.2) is 11.6 Å². The van der Waals surface area contributed by atoms with Gasteiger partial charge in [-0.15, -0.1) is 0 Å². The molecule has 0 aromatic heterocycles. The molecule has 0 atom stereocenters. The molecule has 1 N–H and O–H groups in total. The van der Waals surface area contributed by atoms with Crippen molar-refractivity contribution in [1.82, 2.24) is 9.80 Å². The van der Waals surface area contributed by atoms with Crippen LogP contribution in [0.25, 0.3) is 0 Å². The van der Waals surface area contributed by atoms with E-state index in [1.165, 1.54) is 6.08 Å². The lowest BCUT2D eigenvalue weighted by atomic mass is 10.2. The van der Waals surface area contributed by atoms with Gasteiger partial charge in [0, 0.05) is 45.7 Å². The number of hydrogen-bond donors (Lipinski definition) is 1. The smallest absolute Gasteiger partial charge is 0.328 e. The highest BCUT2D eigenvalue weighted by molar-refractivity contribution is 5.80. The first-order valence-corrected chi connectivity index (χ1v) is 5.37. The summed E-state index contributed by atoms with van der Waals surface area (Å²) in [6.07, 6.45) is 1.23. The molecule has 0 aromatic rings. The fraction of sp³-hybridized carbons (Fsp3) is 0.636. The zero-order valence-electron chi connectivity index (χ0n) is 9.77. The highest BCUT2D eigenvalue weighted by Gasteiger charge is 2.18. The number of nitrogens with zero attached hydrogens (tertiary/aromatic N) is 2. The van der Waals surface area contributed by atoms with E-state index in [-0.39, 0.29) is 5.91 Å². The Labute approximate surface area is 95.3 Å². The van der Waals surface area contributed by atoms with Crippen LogP contribution in [0, 0.1) is 0 Å². The predicted molar refractivity (Wildman–Crippen MR) is 60.1 cm³/mol. The van der Waals surface area contributed by atoms with Gasteiger partial charge in [-0.2, -0.15) is 0 Å².